The zero-order chi connectivity index (χ0) is 13.9. The standard InChI is InChI=1S/C13H22BrN3O/c1-13(2,3)8-11(18)12-10(14)9-15-17(12)7-6-16(4)5/h9H,6-8H2,1-5H3. The van der Waals surface area contributed by atoms with E-state index in [0.29, 0.717) is 12.1 Å². The molecule has 0 bridgehead atoms. The van der Waals surface area contributed by atoms with Gasteiger partial charge < -0.3 is 4.90 Å². The lowest BCUT2D eigenvalue weighted by atomic mass is 9.89. The van der Waals surface area contributed by atoms with Gasteiger partial charge in [-0.05, 0) is 35.4 Å². The second kappa shape index (κ2) is 5.97. The second-order valence-electron chi connectivity index (χ2n) is 6.03. The topological polar surface area (TPSA) is 38.1 Å². The van der Waals surface area contributed by atoms with Crippen LogP contribution in [0.15, 0.2) is 10.7 Å². The van der Waals surface area contributed by atoms with Gasteiger partial charge in [-0.1, -0.05) is 20.8 Å². The van der Waals surface area contributed by atoms with Gasteiger partial charge in [0.15, 0.2) is 5.78 Å². The van der Waals surface area contributed by atoms with Crippen molar-refractivity contribution < 1.29 is 4.79 Å². The molecule has 1 rings (SSSR count). The molecule has 0 N–H and O–H groups in total. The molecule has 1 aromatic rings. The first-order chi connectivity index (χ1) is 8.20. The van der Waals surface area contributed by atoms with Crippen molar-refractivity contribution in [3.8, 4) is 0 Å². The first-order valence-electron chi connectivity index (χ1n) is 6.10. The van der Waals surface area contributed by atoms with E-state index in [-0.39, 0.29) is 11.2 Å². The van der Waals surface area contributed by atoms with Crippen molar-refractivity contribution in [3.05, 3.63) is 16.4 Å². The quantitative estimate of drug-likeness (QED) is 0.784. The highest BCUT2D eigenvalue weighted by Gasteiger charge is 2.22. The minimum atomic E-state index is -0.00677. The molecule has 0 aliphatic heterocycles. The molecule has 18 heavy (non-hydrogen) atoms. The van der Waals surface area contributed by atoms with Gasteiger partial charge >= 0.3 is 0 Å². The summed E-state index contributed by atoms with van der Waals surface area (Å²) >= 11 is 3.41. The molecule has 0 aliphatic carbocycles. The van der Waals surface area contributed by atoms with E-state index >= 15 is 0 Å². The third-order valence-corrected chi connectivity index (χ3v) is 3.09. The van der Waals surface area contributed by atoms with Crippen LogP contribution in [-0.4, -0.2) is 41.1 Å². The lowest BCUT2D eigenvalue weighted by molar-refractivity contribution is 0.0927. The lowest BCUT2D eigenvalue weighted by Crippen LogP contribution is -2.23. The molecule has 0 amide bonds. The van der Waals surface area contributed by atoms with Crippen molar-refractivity contribution in [1.29, 1.82) is 0 Å². The highest BCUT2D eigenvalue weighted by Crippen LogP contribution is 2.25. The van der Waals surface area contributed by atoms with Crippen LogP contribution in [0.5, 0.6) is 0 Å². The number of halogens is 1. The van der Waals surface area contributed by atoms with Crippen molar-refractivity contribution in [2.24, 2.45) is 5.41 Å². The average molecular weight is 316 g/mol. The molecule has 0 saturated carbocycles. The third-order valence-electron chi connectivity index (χ3n) is 2.51. The molecule has 102 valence electrons. The Hall–Kier alpha value is -0.680. The number of hydrogen-bond acceptors (Lipinski definition) is 3. The summed E-state index contributed by atoms with van der Waals surface area (Å²) in [4.78, 5) is 14.4. The Bertz CT molecular complexity index is 418. The first-order valence-corrected chi connectivity index (χ1v) is 6.89. The molecule has 0 radical (unpaired) electrons. The van der Waals surface area contributed by atoms with E-state index < -0.39 is 0 Å². The van der Waals surface area contributed by atoms with E-state index in [4.69, 9.17) is 0 Å². The van der Waals surface area contributed by atoms with E-state index in [1.807, 2.05) is 14.1 Å². The number of rotatable bonds is 5. The van der Waals surface area contributed by atoms with Gasteiger partial charge in [0.1, 0.15) is 5.69 Å². The van der Waals surface area contributed by atoms with Crippen LogP contribution in [0, 0.1) is 5.41 Å². The van der Waals surface area contributed by atoms with Gasteiger partial charge in [0.25, 0.3) is 0 Å². The molecule has 0 aliphatic rings. The lowest BCUT2D eigenvalue weighted by Gasteiger charge is -2.18. The summed E-state index contributed by atoms with van der Waals surface area (Å²) in [6.45, 7) is 7.80. The minimum Gasteiger partial charge on any atom is -0.308 e. The smallest absolute Gasteiger partial charge is 0.182 e. The fraction of sp³-hybridized carbons (Fsp3) is 0.692. The number of nitrogens with zero attached hydrogens (tertiary/aromatic N) is 3. The fourth-order valence-electron chi connectivity index (χ4n) is 1.67. The van der Waals surface area contributed by atoms with Crippen molar-refractivity contribution in [1.82, 2.24) is 14.7 Å². The second-order valence-corrected chi connectivity index (χ2v) is 6.88. The molecule has 0 unspecified atom stereocenters. The Morgan fingerprint density at radius 3 is 2.56 bits per heavy atom. The summed E-state index contributed by atoms with van der Waals surface area (Å²) in [5, 5.41) is 4.26. The van der Waals surface area contributed by atoms with Crippen LogP contribution in [0.1, 0.15) is 37.7 Å². The Labute approximate surface area is 117 Å². The van der Waals surface area contributed by atoms with Gasteiger partial charge in [-0.25, -0.2) is 0 Å². The minimum absolute atomic E-state index is 0.00677. The number of hydrogen-bond donors (Lipinski definition) is 0. The molecular formula is C13H22BrN3O. The van der Waals surface area contributed by atoms with Crippen LogP contribution in [0.3, 0.4) is 0 Å². The van der Waals surface area contributed by atoms with E-state index in [9.17, 15) is 4.79 Å². The molecule has 4 nitrogen and oxygen atoms in total. The van der Waals surface area contributed by atoms with Crippen LogP contribution in [-0.2, 0) is 6.54 Å². The van der Waals surface area contributed by atoms with Crippen LogP contribution >= 0.6 is 15.9 Å². The number of carbonyl (C=O) groups excluding carboxylic acids is 1. The summed E-state index contributed by atoms with van der Waals surface area (Å²) < 4.78 is 2.58. The summed E-state index contributed by atoms with van der Waals surface area (Å²) in [5.41, 5.74) is 0.680. The predicted octanol–water partition coefficient (Wildman–Crippen LogP) is 2.83. The highest BCUT2D eigenvalue weighted by molar-refractivity contribution is 9.10. The number of Topliss-reactive ketones (excluding diaryl/α,β-unsaturated/α-hetero) is 1. The van der Waals surface area contributed by atoms with Crippen LogP contribution in [0.4, 0.5) is 0 Å². The van der Waals surface area contributed by atoms with Gasteiger partial charge in [0.05, 0.1) is 17.2 Å². The van der Waals surface area contributed by atoms with Crippen LogP contribution in [0.2, 0.25) is 0 Å². The maximum atomic E-state index is 12.3. The molecule has 5 heteroatoms. The molecule has 0 spiro atoms. The third kappa shape index (κ3) is 4.53. The van der Waals surface area contributed by atoms with Gasteiger partial charge in [0.2, 0.25) is 0 Å². The maximum absolute atomic E-state index is 12.3. The normalized spacial score (nSPS) is 12.2. The summed E-state index contributed by atoms with van der Waals surface area (Å²) in [5.74, 6) is 0.144. The number of carbonyl (C=O) groups is 1. The van der Waals surface area contributed by atoms with Gasteiger partial charge in [-0.15, -0.1) is 0 Å². The van der Waals surface area contributed by atoms with Crippen LogP contribution < -0.4 is 0 Å². The van der Waals surface area contributed by atoms with Crippen molar-refractivity contribution >= 4 is 21.7 Å². The molecule has 0 saturated heterocycles. The molecule has 1 heterocycles. The Balaban J connectivity index is 2.87. The van der Waals surface area contributed by atoms with Gasteiger partial charge in [0, 0.05) is 13.0 Å². The Kier molecular flexibility index (Phi) is 5.10. The maximum Gasteiger partial charge on any atom is 0.182 e. The fourth-order valence-corrected chi connectivity index (χ4v) is 2.19. The molecule has 0 atom stereocenters. The largest absolute Gasteiger partial charge is 0.308 e. The first kappa shape index (κ1) is 15.4. The van der Waals surface area contributed by atoms with E-state index in [0.717, 1.165) is 17.6 Å². The van der Waals surface area contributed by atoms with Crippen molar-refractivity contribution in [2.45, 2.75) is 33.7 Å². The van der Waals surface area contributed by atoms with E-state index in [1.54, 1.807) is 10.9 Å². The van der Waals surface area contributed by atoms with E-state index in [1.165, 1.54) is 0 Å². The summed E-state index contributed by atoms with van der Waals surface area (Å²) in [7, 11) is 4.02. The van der Waals surface area contributed by atoms with Crippen LogP contribution in [0.25, 0.3) is 0 Å². The molecular weight excluding hydrogens is 294 g/mol. The monoisotopic (exact) mass is 315 g/mol. The summed E-state index contributed by atoms with van der Waals surface area (Å²) in [6, 6.07) is 0. The molecule has 0 aromatic carbocycles. The SMILES string of the molecule is CN(C)CCn1ncc(Br)c1C(=O)CC(C)(C)C. The van der Waals surface area contributed by atoms with Crippen molar-refractivity contribution in [2.75, 3.05) is 20.6 Å². The number of likely N-dealkylation sites (N-methyl/N-ethyl adjacent to an activating group) is 1. The zero-order valence-corrected chi connectivity index (χ0v) is 13.4. The van der Waals surface area contributed by atoms with Gasteiger partial charge in [-0.2, -0.15) is 5.10 Å². The van der Waals surface area contributed by atoms with E-state index in [2.05, 4.69) is 46.7 Å². The zero-order valence-electron chi connectivity index (χ0n) is 11.8. The Morgan fingerprint density at radius 2 is 2.06 bits per heavy atom. The van der Waals surface area contributed by atoms with Gasteiger partial charge in [-0.3, -0.25) is 9.48 Å². The molecule has 0 fully saturated rings. The predicted molar refractivity (Wildman–Crippen MR) is 76.9 cm³/mol. The molecule has 1 aromatic heterocycles. The summed E-state index contributed by atoms with van der Waals surface area (Å²) in [6.07, 6.45) is 2.23. The average Bonchev–Trinajstić information content (AvgIpc) is 2.53. The number of ketones is 1. The number of aromatic nitrogens is 2. The Morgan fingerprint density at radius 1 is 1.44 bits per heavy atom. The van der Waals surface area contributed by atoms with Crippen molar-refractivity contribution in [3.63, 3.8) is 0 Å². The highest BCUT2D eigenvalue weighted by atomic mass is 79.9.